The van der Waals surface area contributed by atoms with Gasteiger partial charge in [-0.2, -0.15) is 0 Å². The van der Waals surface area contributed by atoms with Crippen molar-refractivity contribution in [3.63, 3.8) is 0 Å². The van der Waals surface area contributed by atoms with Crippen LogP contribution in [0.4, 0.5) is 0 Å². The van der Waals surface area contributed by atoms with E-state index < -0.39 is 11.6 Å². The van der Waals surface area contributed by atoms with Gasteiger partial charge < -0.3 is 14.6 Å². The lowest BCUT2D eigenvalue weighted by Crippen LogP contribution is -2.40. The van der Waals surface area contributed by atoms with Crippen molar-refractivity contribution in [1.29, 1.82) is 0 Å². The van der Waals surface area contributed by atoms with Crippen LogP contribution < -0.4 is 0 Å². The van der Waals surface area contributed by atoms with E-state index in [2.05, 4.69) is 0 Å². The first-order valence-electron chi connectivity index (χ1n) is 8.56. The lowest BCUT2D eigenvalue weighted by molar-refractivity contribution is -0.167. The zero-order valence-electron chi connectivity index (χ0n) is 14.2. The number of carboxylic acids is 1. The van der Waals surface area contributed by atoms with Crippen molar-refractivity contribution in [1.82, 2.24) is 0 Å². The Morgan fingerprint density at radius 1 is 1.25 bits per heavy atom. The number of aliphatic carboxylic acids is 1. The van der Waals surface area contributed by atoms with Gasteiger partial charge in [-0.05, 0) is 38.2 Å². The average Bonchev–Trinajstić information content (AvgIpc) is 2.53. The minimum Gasteiger partial charge on any atom is -0.481 e. The zero-order valence-corrected chi connectivity index (χ0v) is 14.2. The van der Waals surface area contributed by atoms with Crippen LogP contribution in [0.15, 0.2) is 30.3 Å². The maximum Gasteiger partial charge on any atom is 0.306 e. The summed E-state index contributed by atoms with van der Waals surface area (Å²) in [7, 11) is 0. The lowest BCUT2D eigenvalue weighted by Gasteiger charge is -2.37. The van der Waals surface area contributed by atoms with Crippen LogP contribution in [-0.4, -0.2) is 28.8 Å². The topological polar surface area (TPSA) is 72.8 Å². The van der Waals surface area contributed by atoms with E-state index in [-0.39, 0.29) is 24.9 Å². The highest BCUT2D eigenvalue weighted by atomic mass is 16.6. The van der Waals surface area contributed by atoms with Crippen LogP contribution in [-0.2, 0) is 25.7 Å². The Balaban J connectivity index is 1.77. The summed E-state index contributed by atoms with van der Waals surface area (Å²) in [6.07, 6.45) is 3.98. The summed E-state index contributed by atoms with van der Waals surface area (Å²) in [6, 6.07) is 10.0. The molecule has 0 unspecified atom stereocenters. The fourth-order valence-electron chi connectivity index (χ4n) is 3.12. The van der Waals surface area contributed by atoms with Gasteiger partial charge in [-0.3, -0.25) is 9.59 Å². The quantitative estimate of drug-likeness (QED) is 0.734. The van der Waals surface area contributed by atoms with Gasteiger partial charge in [0, 0.05) is 19.3 Å². The predicted octanol–water partition coefficient (Wildman–Crippen LogP) is 3.70. The number of carboxylic acid groups (broad SMARTS) is 1. The molecule has 132 valence electrons. The van der Waals surface area contributed by atoms with Gasteiger partial charge in [0.1, 0.15) is 5.60 Å². The maximum absolute atomic E-state index is 11.9. The summed E-state index contributed by atoms with van der Waals surface area (Å²) in [5.41, 5.74) is 0.621. The molecule has 0 aromatic heterocycles. The highest BCUT2D eigenvalue weighted by molar-refractivity contribution is 5.71. The molecule has 2 atom stereocenters. The normalized spacial score (nSPS) is 23.6. The molecule has 1 N–H and O–H groups in total. The molecule has 0 spiro atoms. The van der Waals surface area contributed by atoms with Crippen molar-refractivity contribution in [2.45, 2.75) is 70.2 Å². The van der Waals surface area contributed by atoms with Crippen LogP contribution in [0.3, 0.4) is 0 Å². The Morgan fingerprint density at radius 3 is 2.71 bits per heavy atom. The molecule has 2 rings (SSSR count). The first-order chi connectivity index (χ1) is 11.5. The molecule has 1 aliphatic rings. The summed E-state index contributed by atoms with van der Waals surface area (Å²) in [4.78, 5) is 22.4. The SMILES string of the molecule is C[C@@]1(OC(=O)CCCC(=O)O)CCC[C@@H](OCc2ccccc2)C1. The number of hydrogen-bond acceptors (Lipinski definition) is 4. The molecule has 5 nitrogen and oxygen atoms in total. The molecule has 0 aliphatic heterocycles. The van der Waals surface area contributed by atoms with Gasteiger partial charge in [0.15, 0.2) is 0 Å². The molecule has 1 aromatic carbocycles. The fraction of sp³-hybridized carbons (Fsp3) is 0.579. The highest BCUT2D eigenvalue weighted by Gasteiger charge is 2.36. The molecule has 1 saturated carbocycles. The minimum absolute atomic E-state index is 0.00533. The third-order valence-electron chi connectivity index (χ3n) is 4.35. The van der Waals surface area contributed by atoms with Gasteiger partial charge >= 0.3 is 11.9 Å². The Hall–Kier alpha value is -1.88. The van der Waals surface area contributed by atoms with Gasteiger partial charge in [-0.25, -0.2) is 0 Å². The van der Waals surface area contributed by atoms with Crippen LogP contribution in [0, 0.1) is 0 Å². The van der Waals surface area contributed by atoms with E-state index in [1.165, 1.54) is 0 Å². The molecule has 0 saturated heterocycles. The van der Waals surface area contributed by atoms with Gasteiger partial charge in [0.2, 0.25) is 0 Å². The van der Waals surface area contributed by atoms with Crippen LogP contribution >= 0.6 is 0 Å². The van der Waals surface area contributed by atoms with E-state index >= 15 is 0 Å². The second-order valence-electron chi connectivity index (χ2n) is 6.69. The fourth-order valence-corrected chi connectivity index (χ4v) is 3.12. The third kappa shape index (κ3) is 6.32. The van der Waals surface area contributed by atoms with Crippen LogP contribution in [0.25, 0.3) is 0 Å². The number of esters is 1. The standard InChI is InChI=1S/C19H26O5/c1-19(24-18(22)11-5-10-17(20)21)12-6-9-16(13-19)23-14-15-7-3-2-4-8-15/h2-4,7-8,16H,5-6,9-14H2,1H3,(H,20,21)/t16-,19-/m1/s1. The summed E-state index contributed by atoms with van der Waals surface area (Å²) >= 11 is 0. The van der Waals surface area contributed by atoms with Crippen molar-refractivity contribution in [2.24, 2.45) is 0 Å². The molecule has 1 fully saturated rings. The van der Waals surface area contributed by atoms with Gasteiger partial charge in [-0.1, -0.05) is 30.3 Å². The molecule has 0 bridgehead atoms. The van der Waals surface area contributed by atoms with Crippen LogP contribution in [0.1, 0.15) is 57.4 Å². The number of carbonyl (C=O) groups is 2. The van der Waals surface area contributed by atoms with E-state index in [1.54, 1.807) is 0 Å². The second-order valence-corrected chi connectivity index (χ2v) is 6.69. The monoisotopic (exact) mass is 334 g/mol. The summed E-state index contributed by atoms with van der Waals surface area (Å²) in [5.74, 6) is -1.21. The molecule has 0 radical (unpaired) electrons. The van der Waals surface area contributed by atoms with E-state index in [0.29, 0.717) is 19.4 Å². The Labute approximate surface area is 143 Å². The first-order valence-corrected chi connectivity index (χ1v) is 8.56. The summed E-state index contributed by atoms with van der Waals surface area (Å²) in [5, 5.41) is 8.62. The summed E-state index contributed by atoms with van der Waals surface area (Å²) < 4.78 is 11.6. The van der Waals surface area contributed by atoms with Crippen LogP contribution in [0.5, 0.6) is 0 Å². The van der Waals surface area contributed by atoms with E-state index in [1.807, 2.05) is 37.3 Å². The van der Waals surface area contributed by atoms with Crippen molar-refractivity contribution < 1.29 is 24.2 Å². The summed E-state index contributed by atoms with van der Waals surface area (Å²) in [6.45, 7) is 2.51. The van der Waals surface area contributed by atoms with Gasteiger partial charge in [0.05, 0.1) is 12.7 Å². The predicted molar refractivity (Wildman–Crippen MR) is 89.5 cm³/mol. The van der Waals surface area contributed by atoms with Crippen molar-refractivity contribution in [3.05, 3.63) is 35.9 Å². The molecule has 1 aromatic rings. The Bertz CT molecular complexity index is 542. The van der Waals surface area contributed by atoms with Crippen molar-refractivity contribution in [3.8, 4) is 0 Å². The Morgan fingerprint density at radius 2 is 2.00 bits per heavy atom. The molecule has 0 heterocycles. The number of hydrogen-bond donors (Lipinski definition) is 1. The number of carbonyl (C=O) groups excluding carboxylic acids is 1. The molecular formula is C19H26O5. The molecular weight excluding hydrogens is 308 g/mol. The lowest BCUT2D eigenvalue weighted by atomic mass is 9.84. The zero-order chi connectivity index (χ0) is 17.4. The Kier molecular flexibility index (Phi) is 6.79. The molecule has 1 aliphatic carbocycles. The average molecular weight is 334 g/mol. The highest BCUT2D eigenvalue weighted by Crippen LogP contribution is 2.33. The van der Waals surface area contributed by atoms with E-state index in [4.69, 9.17) is 14.6 Å². The molecule has 24 heavy (non-hydrogen) atoms. The number of rotatable bonds is 8. The third-order valence-corrected chi connectivity index (χ3v) is 4.35. The van der Waals surface area contributed by atoms with Gasteiger partial charge in [-0.15, -0.1) is 0 Å². The largest absolute Gasteiger partial charge is 0.481 e. The number of ether oxygens (including phenoxy) is 2. The molecule has 5 heteroatoms. The van der Waals surface area contributed by atoms with Crippen molar-refractivity contribution in [2.75, 3.05) is 0 Å². The van der Waals surface area contributed by atoms with Crippen molar-refractivity contribution >= 4 is 11.9 Å². The van der Waals surface area contributed by atoms with Crippen LogP contribution in [0.2, 0.25) is 0 Å². The molecule has 0 amide bonds. The smallest absolute Gasteiger partial charge is 0.306 e. The minimum atomic E-state index is -0.888. The first kappa shape index (κ1) is 18.5. The van der Waals surface area contributed by atoms with E-state index in [9.17, 15) is 9.59 Å². The van der Waals surface area contributed by atoms with Gasteiger partial charge in [0.25, 0.3) is 0 Å². The maximum atomic E-state index is 11.9. The van der Waals surface area contributed by atoms with E-state index in [0.717, 1.165) is 24.8 Å². The second kappa shape index (κ2) is 8.83. The number of benzene rings is 1.